The molecule has 0 bridgehead atoms. The molecule has 86 valence electrons. The van der Waals surface area contributed by atoms with Gasteiger partial charge in [-0.25, -0.2) is 4.39 Å². The molecule has 1 aromatic carbocycles. The van der Waals surface area contributed by atoms with Gasteiger partial charge < -0.3 is 9.67 Å². The van der Waals surface area contributed by atoms with Crippen LogP contribution in [-0.4, -0.2) is 16.3 Å². The molecule has 16 heavy (non-hydrogen) atoms. The quantitative estimate of drug-likeness (QED) is 0.847. The van der Waals surface area contributed by atoms with Gasteiger partial charge in [0.15, 0.2) is 0 Å². The van der Waals surface area contributed by atoms with Crippen molar-refractivity contribution in [1.29, 1.82) is 0 Å². The summed E-state index contributed by atoms with van der Waals surface area (Å²) in [6, 6.07) is 6.77. The van der Waals surface area contributed by atoms with Crippen LogP contribution in [0, 0.1) is 5.82 Å². The van der Waals surface area contributed by atoms with Gasteiger partial charge in [-0.1, -0.05) is 6.92 Å². The molecular weight excluding hydrogens is 205 g/mol. The Morgan fingerprint density at radius 3 is 2.75 bits per heavy atom. The van der Waals surface area contributed by atoms with E-state index < -0.39 is 0 Å². The Bertz CT molecular complexity index is 504. The average molecular weight is 221 g/mol. The van der Waals surface area contributed by atoms with Crippen LogP contribution in [0.25, 0.3) is 10.9 Å². The molecule has 3 heteroatoms. The SMILES string of the molecule is CCn1c(C(C)CO)cc2cc(F)ccc21. The summed E-state index contributed by atoms with van der Waals surface area (Å²) in [5.74, 6) is -0.139. The number of aliphatic hydroxyl groups excluding tert-OH is 1. The highest BCUT2D eigenvalue weighted by Gasteiger charge is 2.13. The molecule has 0 aliphatic carbocycles. The fourth-order valence-corrected chi connectivity index (χ4v) is 2.12. The minimum Gasteiger partial charge on any atom is -0.396 e. The molecule has 0 saturated carbocycles. The molecule has 1 N–H and O–H groups in total. The number of aryl methyl sites for hydroxylation is 1. The first-order chi connectivity index (χ1) is 7.67. The Hall–Kier alpha value is -1.35. The number of nitrogens with zero attached hydrogens (tertiary/aromatic N) is 1. The van der Waals surface area contributed by atoms with E-state index in [9.17, 15) is 9.50 Å². The molecule has 1 heterocycles. The lowest BCUT2D eigenvalue weighted by atomic mass is 10.1. The van der Waals surface area contributed by atoms with Crippen LogP contribution in [0.3, 0.4) is 0 Å². The number of hydrogen-bond acceptors (Lipinski definition) is 1. The van der Waals surface area contributed by atoms with Crippen molar-refractivity contribution in [3.8, 4) is 0 Å². The van der Waals surface area contributed by atoms with E-state index in [1.54, 1.807) is 6.07 Å². The van der Waals surface area contributed by atoms with Crippen molar-refractivity contribution < 1.29 is 9.50 Å². The highest BCUT2D eigenvalue weighted by atomic mass is 19.1. The van der Waals surface area contributed by atoms with Crippen molar-refractivity contribution in [2.24, 2.45) is 0 Å². The predicted molar refractivity (Wildman–Crippen MR) is 63.1 cm³/mol. The molecule has 0 spiro atoms. The first kappa shape index (κ1) is 11.1. The van der Waals surface area contributed by atoms with Gasteiger partial charge in [-0.2, -0.15) is 0 Å². The predicted octanol–water partition coefficient (Wildman–Crippen LogP) is 2.90. The van der Waals surface area contributed by atoms with Crippen LogP contribution in [0.5, 0.6) is 0 Å². The Labute approximate surface area is 94.3 Å². The maximum Gasteiger partial charge on any atom is 0.123 e. The summed E-state index contributed by atoms with van der Waals surface area (Å²) in [6.07, 6.45) is 0. The topological polar surface area (TPSA) is 25.2 Å². The Kier molecular flexibility index (Phi) is 2.97. The van der Waals surface area contributed by atoms with Crippen LogP contribution in [0.4, 0.5) is 4.39 Å². The van der Waals surface area contributed by atoms with Gasteiger partial charge in [0, 0.05) is 29.1 Å². The van der Waals surface area contributed by atoms with Gasteiger partial charge in [0.05, 0.1) is 6.61 Å². The van der Waals surface area contributed by atoms with Crippen molar-refractivity contribution >= 4 is 10.9 Å². The van der Waals surface area contributed by atoms with Crippen molar-refractivity contribution in [2.45, 2.75) is 26.3 Å². The fourth-order valence-electron chi connectivity index (χ4n) is 2.12. The smallest absolute Gasteiger partial charge is 0.123 e. The minimum absolute atomic E-state index is 0.0791. The second kappa shape index (κ2) is 4.26. The summed E-state index contributed by atoms with van der Waals surface area (Å²) in [7, 11) is 0. The van der Waals surface area contributed by atoms with Crippen LogP contribution >= 0.6 is 0 Å². The number of aliphatic hydroxyl groups is 1. The van der Waals surface area contributed by atoms with Crippen molar-refractivity contribution in [1.82, 2.24) is 4.57 Å². The lowest BCUT2D eigenvalue weighted by molar-refractivity contribution is 0.269. The second-order valence-electron chi connectivity index (χ2n) is 4.10. The lowest BCUT2D eigenvalue weighted by Gasteiger charge is -2.12. The lowest BCUT2D eigenvalue weighted by Crippen LogP contribution is -2.07. The van der Waals surface area contributed by atoms with E-state index in [2.05, 4.69) is 11.5 Å². The van der Waals surface area contributed by atoms with Crippen LogP contribution in [0.2, 0.25) is 0 Å². The van der Waals surface area contributed by atoms with E-state index in [4.69, 9.17) is 0 Å². The maximum atomic E-state index is 13.1. The third-order valence-corrected chi connectivity index (χ3v) is 2.99. The van der Waals surface area contributed by atoms with E-state index in [-0.39, 0.29) is 18.3 Å². The van der Waals surface area contributed by atoms with Crippen LogP contribution in [0.15, 0.2) is 24.3 Å². The molecule has 0 aliphatic heterocycles. The summed E-state index contributed by atoms with van der Waals surface area (Å²) < 4.78 is 15.2. The molecule has 2 nitrogen and oxygen atoms in total. The van der Waals surface area contributed by atoms with Gasteiger partial charge in [0.1, 0.15) is 5.82 Å². The number of rotatable bonds is 3. The summed E-state index contributed by atoms with van der Waals surface area (Å²) >= 11 is 0. The molecule has 0 radical (unpaired) electrons. The summed E-state index contributed by atoms with van der Waals surface area (Å²) in [6.45, 7) is 4.96. The number of fused-ring (bicyclic) bond motifs is 1. The number of benzene rings is 1. The van der Waals surface area contributed by atoms with Gasteiger partial charge in [-0.15, -0.1) is 0 Å². The van der Waals surface area contributed by atoms with Crippen molar-refractivity contribution in [3.05, 3.63) is 35.8 Å². The zero-order valence-corrected chi connectivity index (χ0v) is 9.57. The number of hydrogen-bond donors (Lipinski definition) is 1. The van der Waals surface area contributed by atoms with Gasteiger partial charge in [0.2, 0.25) is 0 Å². The van der Waals surface area contributed by atoms with Crippen molar-refractivity contribution in [3.63, 3.8) is 0 Å². The van der Waals surface area contributed by atoms with Crippen molar-refractivity contribution in [2.75, 3.05) is 6.61 Å². The maximum absolute atomic E-state index is 13.1. The molecule has 2 aromatic rings. The summed E-state index contributed by atoms with van der Waals surface area (Å²) in [5, 5.41) is 10.1. The molecular formula is C13H16FNO. The molecule has 1 atom stereocenters. The molecule has 0 aliphatic rings. The van der Waals surface area contributed by atoms with Gasteiger partial charge in [-0.05, 0) is 31.2 Å². The zero-order valence-electron chi connectivity index (χ0n) is 9.57. The van der Waals surface area contributed by atoms with E-state index in [0.717, 1.165) is 23.1 Å². The third-order valence-electron chi connectivity index (χ3n) is 2.99. The molecule has 0 saturated heterocycles. The van der Waals surface area contributed by atoms with Crippen LogP contribution in [-0.2, 0) is 6.54 Å². The molecule has 1 unspecified atom stereocenters. The van der Waals surface area contributed by atoms with Crippen LogP contribution in [0.1, 0.15) is 25.5 Å². The molecule has 2 rings (SSSR count). The zero-order chi connectivity index (χ0) is 11.7. The summed E-state index contributed by atoms with van der Waals surface area (Å²) in [4.78, 5) is 0. The standard InChI is InChI=1S/C13H16FNO/c1-3-15-12-5-4-11(14)6-10(12)7-13(15)9(2)8-16/h4-7,9,16H,3,8H2,1-2H3. The van der Waals surface area contributed by atoms with Gasteiger partial charge in [-0.3, -0.25) is 0 Å². The molecule has 0 fully saturated rings. The number of halogens is 1. The second-order valence-corrected chi connectivity index (χ2v) is 4.10. The van der Waals surface area contributed by atoms with E-state index >= 15 is 0 Å². The van der Waals surface area contributed by atoms with E-state index in [0.29, 0.717) is 0 Å². The highest BCUT2D eigenvalue weighted by Crippen LogP contribution is 2.25. The van der Waals surface area contributed by atoms with E-state index in [1.807, 2.05) is 13.0 Å². The Morgan fingerprint density at radius 1 is 1.38 bits per heavy atom. The van der Waals surface area contributed by atoms with Gasteiger partial charge in [0.25, 0.3) is 0 Å². The third kappa shape index (κ3) is 1.71. The van der Waals surface area contributed by atoms with Gasteiger partial charge >= 0.3 is 0 Å². The highest BCUT2D eigenvalue weighted by molar-refractivity contribution is 5.81. The Morgan fingerprint density at radius 2 is 2.12 bits per heavy atom. The largest absolute Gasteiger partial charge is 0.396 e. The molecule has 0 amide bonds. The number of aromatic nitrogens is 1. The normalized spacial score (nSPS) is 13.2. The fraction of sp³-hybridized carbons (Fsp3) is 0.385. The average Bonchev–Trinajstić information content (AvgIpc) is 2.65. The monoisotopic (exact) mass is 221 g/mol. The van der Waals surface area contributed by atoms with Crippen LogP contribution < -0.4 is 0 Å². The first-order valence-corrected chi connectivity index (χ1v) is 5.57. The Balaban J connectivity index is 2.65. The summed E-state index contributed by atoms with van der Waals surface area (Å²) in [5.41, 5.74) is 2.09. The first-order valence-electron chi connectivity index (χ1n) is 5.57. The molecule has 1 aromatic heterocycles. The van der Waals surface area contributed by atoms with E-state index in [1.165, 1.54) is 12.1 Å². The minimum atomic E-state index is -0.219.